The van der Waals surface area contributed by atoms with Crippen LogP contribution in [0.3, 0.4) is 0 Å². The highest BCUT2D eigenvalue weighted by molar-refractivity contribution is 5.89. The molecule has 122 valence electrons. The summed E-state index contributed by atoms with van der Waals surface area (Å²) in [5.74, 6) is 0. The van der Waals surface area contributed by atoms with E-state index in [1.807, 2.05) is 17.0 Å². The lowest BCUT2D eigenvalue weighted by Crippen LogP contribution is -2.46. The number of hydrogen-bond donors (Lipinski definition) is 1. The number of nitrogens with one attached hydrogen (secondary N) is 1. The van der Waals surface area contributed by atoms with E-state index in [-0.39, 0.29) is 6.03 Å². The van der Waals surface area contributed by atoms with Crippen LogP contribution in [-0.4, -0.2) is 37.2 Å². The average molecular weight is 304 g/mol. The van der Waals surface area contributed by atoms with Crippen molar-refractivity contribution >= 4 is 11.7 Å². The number of methoxy groups -OCH3 is 1. The van der Waals surface area contributed by atoms with Crippen LogP contribution in [0, 0.1) is 0 Å². The maximum Gasteiger partial charge on any atom is 0.322 e. The van der Waals surface area contributed by atoms with Gasteiger partial charge in [-0.15, -0.1) is 0 Å². The third kappa shape index (κ3) is 4.73. The molecule has 4 heteroatoms. The molecular formula is C18H28N2O2. The van der Waals surface area contributed by atoms with Gasteiger partial charge in [-0.2, -0.15) is 0 Å². The first-order chi connectivity index (χ1) is 10.7. The molecule has 0 saturated carbocycles. The van der Waals surface area contributed by atoms with Crippen molar-refractivity contribution in [2.24, 2.45) is 0 Å². The molecule has 4 nitrogen and oxygen atoms in total. The number of carbonyl (C=O) groups is 1. The Morgan fingerprint density at radius 3 is 3.05 bits per heavy atom. The molecule has 1 saturated heterocycles. The van der Waals surface area contributed by atoms with Gasteiger partial charge in [0, 0.05) is 32.0 Å². The standard InChI is InChI=1S/C18H28N2O2/c1-3-15-8-6-9-16(14-15)19-18(21)20-12-5-4-10-17(20)11-7-13-22-2/h6,8-9,14,17H,3-5,7,10-13H2,1-2H3,(H,19,21)/t17-/m1/s1. The molecule has 0 aromatic heterocycles. The lowest BCUT2D eigenvalue weighted by Gasteiger charge is -2.35. The molecule has 1 heterocycles. The lowest BCUT2D eigenvalue weighted by molar-refractivity contribution is 0.141. The summed E-state index contributed by atoms with van der Waals surface area (Å²) in [5, 5.41) is 3.06. The van der Waals surface area contributed by atoms with Gasteiger partial charge in [-0.25, -0.2) is 4.79 Å². The van der Waals surface area contributed by atoms with Crippen LogP contribution in [0.1, 0.15) is 44.6 Å². The zero-order valence-corrected chi connectivity index (χ0v) is 13.8. The van der Waals surface area contributed by atoms with Crippen LogP contribution in [-0.2, 0) is 11.2 Å². The Morgan fingerprint density at radius 1 is 1.41 bits per heavy atom. The van der Waals surface area contributed by atoms with Crippen LogP contribution in [0.5, 0.6) is 0 Å². The van der Waals surface area contributed by atoms with Crippen LogP contribution in [0.25, 0.3) is 0 Å². The first-order valence-electron chi connectivity index (χ1n) is 8.40. The average Bonchev–Trinajstić information content (AvgIpc) is 2.55. The van der Waals surface area contributed by atoms with Gasteiger partial charge >= 0.3 is 6.03 Å². The Bertz CT molecular complexity index is 476. The molecule has 0 bridgehead atoms. The van der Waals surface area contributed by atoms with Gasteiger partial charge in [0.05, 0.1) is 0 Å². The summed E-state index contributed by atoms with van der Waals surface area (Å²) in [4.78, 5) is 14.6. The van der Waals surface area contributed by atoms with Crippen molar-refractivity contribution in [2.45, 2.75) is 51.5 Å². The third-order valence-corrected chi connectivity index (χ3v) is 4.36. The summed E-state index contributed by atoms with van der Waals surface area (Å²) in [6.45, 7) is 3.75. The number of rotatable bonds is 6. The Balaban J connectivity index is 1.95. The van der Waals surface area contributed by atoms with Crippen LogP contribution in [0.15, 0.2) is 24.3 Å². The van der Waals surface area contributed by atoms with Crippen LogP contribution in [0.2, 0.25) is 0 Å². The number of aryl methyl sites for hydroxylation is 1. The molecule has 0 radical (unpaired) electrons. The summed E-state index contributed by atoms with van der Waals surface area (Å²) in [6, 6.07) is 8.49. The van der Waals surface area contributed by atoms with Gasteiger partial charge in [-0.1, -0.05) is 19.1 Å². The fraction of sp³-hybridized carbons (Fsp3) is 0.611. The molecule has 22 heavy (non-hydrogen) atoms. The molecule has 1 aliphatic rings. The molecule has 2 amide bonds. The molecule has 1 aromatic carbocycles. The van der Waals surface area contributed by atoms with Gasteiger partial charge in [0.2, 0.25) is 0 Å². The van der Waals surface area contributed by atoms with E-state index in [1.54, 1.807) is 7.11 Å². The van der Waals surface area contributed by atoms with Crippen molar-refractivity contribution in [2.75, 3.05) is 25.6 Å². The van der Waals surface area contributed by atoms with E-state index in [9.17, 15) is 4.79 Å². The minimum atomic E-state index is 0.0374. The normalized spacial score (nSPS) is 18.3. The van der Waals surface area contributed by atoms with E-state index in [0.29, 0.717) is 6.04 Å². The fourth-order valence-electron chi connectivity index (χ4n) is 3.10. The van der Waals surface area contributed by atoms with E-state index in [2.05, 4.69) is 24.4 Å². The molecule has 1 aliphatic heterocycles. The summed E-state index contributed by atoms with van der Waals surface area (Å²) < 4.78 is 5.13. The zero-order valence-electron chi connectivity index (χ0n) is 13.8. The summed E-state index contributed by atoms with van der Waals surface area (Å²) in [5.41, 5.74) is 2.14. The monoisotopic (exact) mass is 304 g/mol. The number of hydrogen-bond acceptors (Lipinski definition) is 2. The Kier molecular flexibility index (Phi) is 6.72. The summed E-state index contributed by atoms with van der Waals surface area (Å²) >= 11 is 0. The minimum Gasteiger partial charge on any atom is -0.385 e. The second-order valence-corrected chi connectivity index (χ2v) is 5.96. The molecule has 1 N–H and O–H groups in total. The molecular weight excluding hydrogens is 276 g/mol. The molecule has 1 aromatic rings. The van der Waals surface area contributed by atoms with Crippen molar-refractivity contribution in [1.82, 2.24) is 4.90 Å². The molecule has 1 fully saturated rings. The number of anilines is 1. The van der Waals surface area contributed by atoms with E-state index < -0.39 is 0 Å². The predicted octanol–water partition coefficient (Wildman–Crippen LogP) is 4.06. The van der Waals surface area contributed by atoms with Gasteiger partial charge in [0.15, 0.2) is 0 Å². The summed E-state index contributed by atoms with van der Waals surface area (Å²) in [7, 11) is 1.73. The molecule has 0 unspecified atom stereocenters. The van der Waals surface area contributed by atoms with Crippen molar-refractivity contribution < 1.29 is 9.53 Å². The van der Waals surface area contributed by atoms with Gasteiger partial charge in [-0.05, 0) is 56.2 Å². The maximum absolute atomic E-state index is 12.6. The molecule has 1 atom stereocenters. The van der Waals surface area contributed by atoms with Gasteiger partial charge in [0.25, 0.3) is 0 Å². The lowest BCUT2D eigenvalue weighted by atomic mass is 9.98. The number of urea groups is 1. The van der Waals surface area contributed by atoms with E-state index in [0.717, 1.165) is 50.9 Å². The van der Waals surface area contributed by atoms with E-state index in [1.165, 1.54) is 12.0 Å². The Labute approximate surface area is 133 Å². The molecule has 0 aliphatic carbocycles. The fourth-order valence-corrected chi connectivity index (χ4v) is 3.10. The Morgan fingerprint density at radius 2 is 2.27 bits per heavy atom. The number of nitrogens with zero attached hydrogens (tertiary/aromatic N) is 1. The second-order valence-electron chi connectivity index (χ2n) is 5.96. The minimum absolute atomic E-state index is 0.0374. The predicted molar refractivity (Wildman–Crippen MR) is 90.3 cm³/mol. The number of carbonyl (C=O) groups excluding carboxylic acids is 1. The van der Waals surface area contributed by atoms with Gasteiger partial charge in [-0.3, -0.25) is 0 Å². The number of amides is 2. The van der Waals surface area contributed by atoms with E-state index >= 15 is 0 Å². The summed E-state index contributed by atoms with van der Waals surface area (Å²) in [6.07, 6.45) is 6.43. The number of likely N-dealkylation sites (tertiary alicyclic amines) is 1. The van der Waals surface area contributed by atoms with Crippen LogP contribution in [0.4, 0.5) is 10.5 Å². The van der Waals surface area contributed by atoms with Crippen molar-refractivity contribution in [1.29, 1.82) is 0 Å². The van der Waals surface area contributed by atoms with Crippen LogP contribution >= 0.6 is 0 Å². The highest BCUT2D eigenvalue weighted by atomic mass is 16.5. The first-order valence-corrected chi connectivity index (χ1v) is 8.40. The highest BCUT2D eigenvalue weighted by Gasteiger charge is 2.26. The third-order valence-electron chi connectivity index (χ3n) is 4.36. The van der Waals surface area contributed by atoms with Crippen molar-refractivity contribution in [3.05, 3.63) is 29.8 Å². The topological polar surface area (TPSA) is 41.6 Å². The number of ether oxygens (including phenoxy) is 1. The SMILES string of the molecule is CCc1cccc(NC(=O)N2CCCC[C@@H]2CCCOC)c1. The number of piperidine rings is 1. The van der Waals surface area contributed by atoms with Gasteiger partial charge in [0.1, 0.15) is 0 Å². The number of benzene rings is 1. The quantitative estimate of drug-likeness (QED) is 0.805. The van der Waals surface area contributed by atoms with Crippen molar-refractivity contribution in [3.63, 3.8) is 0 Å². The zero-order chi connectivity index (χ0) is 15.8. The maximum atomic E-state index is 12.6. The van der Waals surface area contributed by atoms with Crippen molar-refractivity contribution in [3.8, 4) is 0 Å². The van der Waals surface area contributed by atoms with Gasteiger partial charge < -0.3 is 15.0 Å². The first kappa shape index (κ1) is 16.8. The van der Waals surface area contributed by atoms with Crippen LogP contribution < -0.4 is 5.32 Å². The molecule has 0 spiro atoms. The van der Waals surface area contributed by atoms with E-state index in [4.69, 9.17) is 4.74 Å². The largest absolute Gasteiger partial charge is 0.385 e. The Hall–Kier alpha value is -1.55. The highest BCUT2D eigenvalue weighted by Crippen LogP contribution is 2.22. The molecule has 2 rings (SSSR count). The smallest absolute Gasteiger partial charge is 0.322 e. The second kappa shape index (κ2) is 8.79.